The maximum atomic E-state index is 5.72. The Morgan fingerprint density at radius 3 is 2.90 bits per heavy atom. The van der Waals surface area contributed by atoms with Crippen molar-refractivity contribution in [2.45, 2.75) is 55.0 Å². The van der Waals surface area contributed by atoms with Crippen LogP contribution in [0, 0.1) is 6.92 Å². The van der Waals surface area contributed by atoms with Gasteiger partial charge in [-0.25, -0.2) is 4.98 Å². The summed E-state index contributed by atoms with van der Waals surface area (Å²) in [6.07, 6.45) is 8.76. The van der Waals surface area contributed by atoms with Gasteiger partial charge >= 0.3 is 0 Å². The lowest BCUT2D eigenvalue weighted by Crippen LogP contribution is -2.13. The van der Waals surface area contributed by atoms with Crippen molar-refractivity contribution in [1.82, 2.24) is 14.8 Å². The lowest BCUT2D eigenvalue weighted by Gasteiger charge is -2.21. The molecule has 0 amide bonds. The Balaban J connectivity index is 1.61. The van der Waals surface area contributed by atoms with E-state index in [0.29, 0.717) is 11.2 Å². The van der Waals surface area contributed by atoms with Crippen molar-refractivity contribution in [1.29, 1.82) is 0 Å². The number of thioether (sulfide) groups is 1. The number of rotatable bonds is 4. The maximum absolute atomic E-state index is 5.72. The molecular weight excluding hydrogens is 288 g/mol. The maximum Gasteiger partial charge on any atom is 0.181 e. The highest BCUT2D eigenvalue weighted by Crippen LogP contribution is 2.33. The molecule has 20 heavy (non-hydrogen) atoms. The van der Waals surface area contributed by atoms with Gasteiger partial charge in [-0.2, -0.15) is 5.10 Å². The molecule has 4 nitrogen and oxygen atoms in total. The van der Waals surface area contributed by atoms with Crippen LogP contribution in [-0.2, 0) is 5.75 Å². The molecule has 0 aromatic carbocycles. The van der Waals surface area contributed by atoms with E-state index in [4.69, 9.17) is 10.8 Å². The van der Waals surface area contributed by atoms with Gasteiger partial charge in [0.05, 0.1) is 21.6 Å². The Bertz CT molecular complexity index is 569. The van der Waals surface area contributed by atoms with Crippen molar-refractivity contribution in [2.24, 2.45) is 0 Å². The third kappa shape index (κ3) is 3.17. The first-order valence-electron chi connectivity index (χ1n) is 7.12. The number of hydrogen-bond acceptors (Lipinski definition) is 5. The van der Waals surface area contributed by atoms with Crippen LogP contribution in [0.3, 0.4) is 0 Å². The minimum absolute atomic E-state index is 0.614. The first kappa shape index (κ1) is 13.9. The van der Waals surface area contributed by atoms with Gasteiger partial charge in [0.2, 0.25) is 0 Å². The van der Waals surface area contributed by atoms with Gasteiger partial charge in [-0.15, -0.1) is 11.8 Å². The van der Waals surface area contributed by atoms with Crippen LogP contribution in [0.1, 0.15) is 49.5 Å². The number of hydrogen-bond donors (Lipinski definition) is 1. The summed E-state index contributed by atoms with van der Waals surface area (Å²) in [7, 11) is 0. The highest BCUT2D eigenvalue weighted by molar-refractivity contribution is 8.00. The molecular formula is C14H20N4S2. The number of nitrogen functional groups attached to an aromatic ring is 1. The number of aryl methyl sites for hydroxylation is 1. The molecule has 2 heterocycles. The van der Waals surface area contributed by atoms with Crippen LogP contribution in [0.4, 0.5) is 5.13 Å². The van der Waals surface area contributed by atoms with E-state index in [1.165, 1.54) is 36.3 Å². The molecule has 0 spiro atoms. The van der Waals surface area contributed by atoms with Crippen molar-refractivity contribution in [3.05, 3.63) is 23.7 Å². The number of aromatic nitrogens is 3. The fourth-order valence-electron chi connectivity index (χ4n) is 2.68. The van der Waals surface area contributed by atoms with Crippen LogP contribution in [0.25, 0.3) is 0 Å². The van der Waals surface area contributed by atoms with Gasteiger partial charge in [-0.05, 0) is 25.8 Å². The third-order valence-electron chi connectivity index (χ3n) is 3.73. The van der Waals surface area contributed by atoms with E-state index < -0.39 is 0 Å². The standard InChI is InChI=1S/C14H20N4S2/c1-10-13(20-14(15)16-10)19-9-11-7-8-18(17-11)12-5-3-2-4-6-12/h7-8,12H,2-6,9H2,1H3,(H2,15,16). The molecule has 0 unspecified atom stereocenters. The third-order valence-corrected chi connectivity index (χ3v) is 6.12. The highest BCUT2D eigenvalue weighted by Gasteiger charge is 2.16. The van der Waals surface area contributed by atoms with Crippen LogP contribution in [0.2, 0.25) is 0 Å². The van der Waals surface area contributed by atoms with Gasteiger partial charge in [0.1, 0.15) is 0 Å². The summed E-state index contributed by atoms with van der Waals surface area (Å²) in [4.78, 5) is 4.25. The van der Waals surface area contributed by atoms with E-state index in [1.807, 2.05) is 6.92 Å². The van der Waals surface area contributed by atoms with E-state index in [0.717, 1.165) is 17.1 Å². The normalized spacial score (nSPS) is 16.6. The minimum atomic E-state index is 0.614. The number of thiazole rings is 1. The summed E-state index contributed by atoms with van der Waals surface area (Å²) < 4.78 is 3.37. The number of nitrogens with two attached hydrogens (primary N) is 1. The summed E-state index contributed by atoms with van der Waals surface area (Å²) in [6.45, 7) is 2.01. The second-order valence-electron chi connectivity index (χ2n) is 5.29. The fraction of sp³-hybridized carbons (Fsp3) is 0.571. The zero-order chi connectivity index (χ0) is 13.9. The SMILES string of the molecule is Cc1nc(N)sc1SCc1ccn(C2CCCCC2)n1. The molecule has 1 fully saturated rings. The van der Waals surface area contributed by atoms with Gasteiger partial charge in [0, 0.05) is 11.9 Å². The number of anilines is 1. The Hall–Kier alpha value is -1.01. The van der Waals surface area contributed by atoms with Crippen molar-refractivity contribution in [3.8, 4) is 0 Å². The summed E-state index contributed by atoms with van der Waals surface area (Å²) in [5.74, 6) is 0.891. The van der Waals surface area contributed by atoms with Crippen LogP contribution in [-0.4, -0.2) is 14.8 Å². The lowest BCUT2D eigenvalue weighted by atomic mass is 9.96. The average molecular weight is 308 g/mol. The Labute approximate surface area is 127 Å². The van der Waals surface area contributed by atoms with Crippen molar-refractivity contribution < 1.29 is 0 Å². The summed E-state index contributed by atoms with van der Waals surface area (Å²) >= 11 is 3.34. The van der Waals surface area contributed by atoms with Crippen molar-refractivity contribution in [2.75, 3.05) is 5.73 Å². The van der Waals surface area contributed by atoms with E-state index in [1.54, 1.807) is 23.1 Å². The van der Waals surface area contributed by atoms with Gasteiger partial charge in [-0.1, -0.05) is 30.6 Å². The van der Waals surface area contributed by atoms with Crippen molar-refractivity contribution >= 4 is 28.2 Å². The highest BCUT2D eigenvalue weighted by atomic mass is 32.2. The second kappa shape index (κ2) is 6.18. The van der Waals surface area contributed by atoms with Crippen LogP contribution < -0.4 is 5.73 Å². The average Bonchev–Trinajstić information content (AvgIpc) is 3.04. The first-order chi connectivity index (χ1) is 9.72. The Morgan fingerprint density at radius 2 is 2.20 bits per heavy atom. The Kier molecular flexibility index (Phi) is 4.31. The van der Waals surface area contributed by atoms with E-state index in [2.05, 4.69) is 21.9 Å². The van der Waals surface area contributed by atoms with Gasteiger partial charge in [0.25, 0.3) is 0 Å². The molecule has 0 saturated heterocycles. The zero-order valence-corrected chi connectivity index (χ0v) is 13.3. The summed E-state index contributed by atoms with van der Waals surface area (Å²) in [5.41, 5.74) is 7.90. The molecule has 1 saturated carbocycles. The molecule has 0 atom stereocenters. The molecule has 0 bridgehead atoms. The fourth-order valence-corrected chi connectivity index (χ4v) is 4.60. The molecule has 2 aromatic heterocycles. The van der Waals surface area contributed by atoms with Crippen molar-refractivity contribution in [3.63, 3.8) is 0 Å². The second-order valence-corrected chi connectivity index (χ2v) is 7.57. The minimum Gasteiger partial charge on any atom is -0.375 e. The molecule has 0 aliphatic heterocycles. The van der Waals surface area contributed by atoms with E-state index >= 15 is 0 Å². The number of nitrogens with zero attached hydrogens (tertiary/aromatic N) is 3. The summed E-state index contributed by atoms with van der Waals surface area (Å²) in [5, 5.41) is 5.38. The topological polar surface area (TPSA) is 56.7 Å². The predicted octanol–water partition coefficient (Wildman–Crippen LogP) is 4.03. The molecule has 6 heteroatoms. The lowest BCUT2D eigenvalue weighted by molar-refractivity contribution is 0.328. The van der Waals surface area contributed by atoms with Crippen LogP contribution >= 0.6 is 23.1 Å². The zero-order valence-electron chi connectivity index (χ0n) is 11.7. The smallest absolute Gasteiger partial charge is 0.181 e. The molecule has 2 N–H and O–H groups in total. The molecule has 1 aliphatic carbocycles. The molecule has 108 valence electrons. The largest absolute Gasteiger partial charge is 0.375 e. The van der Waals surface area contributed by atoms with Gasteiger partial charge in [0.15, 0.2) is 5.13 Å². The first-order valence-corrected chi connectivity index (χ1v) is 8.92. The van der Waals surface area contributed by atoms with Gasteiger partial charge in [-0.3, -0.25) is 4.68 Å². The molecule has 2 aromatic rings. The van der Waals surface area contributed by atoms with Gasteiger partial charge < -0.3 is 5.73 Å². The summed E-state index contributed by atoms with van der Waals surface area (Å²) in [6, 6.07) is 2.75. The molecule has 0 radical (unpaired) electrons. The monoisotopic (exact) mass is 308 g/mol. The van der Waals surface area contributed by atoms with E-state index in [9.17, 15) is 0 Å². The van der Waals surface area contributed by atoms with Crippen LogP contribution in [0.15, 0.2) is 16.5 Å². The quantitative estimate of drug-likeness (QED) is 0.866. The molecule has 3 rings (SSSR count). The Morgan fingerprint density at radius 1 is 1.40 bits per heavy atom. The van der Waals surface area contributed by atoms with E-state index in [-0.39, 0.29) is 0 Å². The van der Waals surface area contributed by atoms with Crippen LogP contribution in [0.5, 0.6) is 0 Å². The molecule has 1 aliphatic rings. The predicted molar refractivity (Wildman–Crippen MR) is 85.2 cm³/mol.